The summed E-state index contributed by atoms with van der Waals surface area (Å²) in [6.07, 6.45) is 0. The van der Waals surface area contributed by atoms with Gasteiger partial charge in [0.15, 0.2) is 0 Å². The summed E-state index contributed by atoms with van der Waals surface area (Å²) in [5, 5.41) is 3.05. The maximum atomic E-state index is 11.8. The van der Waals surface area contributed by atoms with E-state index >= 15 is 0 Å². The Hall–Kier alpha value is -2.38. The monoisotopic (exact) mass is 378 g/mol. The number of benzene rings is 1. The average Bonchev–Trinajstić information content (AvgIpc) is 2.56. The summed E-state index contributed by atoms with van der Waals surface area (Å²) in [6.45, 7) is 6.52. The van der Waals surface area contributed by atoms with E-state index in [1.807, 2.05) is 45.0 Å². The van der Waals surface area contributed by atoms with Gasteiger partial charge in [-0.3, -0.25) is 4.79 Å². The summed E-state index contributed by atoms with van der Waals surface area (Å²) in [5.74, 6) is 0.234. The van der Waals surface area contributed by atoms with Gasteiger partial charge in [0.25, 0.3) is 0 Å². The second kappa shape index (κ2) is 8.82. The van der Waals surface area contributed by atoms with E-state index in [9.17, 15) is 4.79 Å². The van der Waals surface area contributed by atoms with E-state index in [1.165, 1.54) is 6.07 Å². The van der Waals surface area contributed by atoms with E-state index in [-0.39, 0.29) is 29.2 Å². The van der Waals surface area contributed by atoms with Crippen molar-refractivity contribution in [3.05, 3.63) is 46.6 Å². The van der Waals surface area contributed by atoms with Crippen LogP contribution in [0.1, 0.15) is 31.9 Å². The van der Waals surface area contributed by atoms with Crippen LogP contribution in [0, 0.1) is 0 Å². The Bertz CT molecular complexity index is 725. The van der Waals surface area contributed by atoms with Crippen molar-refractivity contribution in [1.82, 2.24) is 15.3 Å². The molecule has 0 aliphatic heterocycles. The first-order chi connectivity index (χ1) is 12.2. The van der Waals surface area contributed by atoms with Crippen LogP contribution in [0.4, 0.5) is 5.95 Å². The molecule has 2 rings (SSSR count). The number of hydrogen-bond donors (Lipinski definition) is 2. The van der Waals surface area contributed by atoms with Gasteiger partial charge < -0.3 is 20.5 Å². The van der Waals surface area contributed by atoms with Crippen molar-refractivity contribution in [2.45, 2.75) is 39.5 Å². The van der Waals surface area contributed by atoms with Crippen molar-refractivity contribution in [2.24, 2.45) is 0 Å². The lowest BCUT2D eigenvalue weighted by atomic mass is 10.1. The fourth-order valence-electron chi connectivity index (χ4n) is 1.93. The summed E-state index contributed by atoms with van der Waals surface area (Å²) in [6, 6.07) is 9.18. The molecule has 0 spiro atoms. The first-order valence-electron chi connectivity index (χ1n) is 8.12. The fourth-order valence-corrected chi connectivity index (χ4v) is 2.11. The summed E-state index contributed by atoms with van der Waals surface area (Å²) in [4.78, 5) is 19.5. The van der Waals surface area contributed by atoms with Gasteiger partial charge in [-0.25, -0.2) is 4.98 Å². The van der Waals surface area contributed by atoms with Crippen molar-refractivity contribution >= 4 is 23.5 Å². The minimum atomic E-state index is -0.336. The number of nitrogen functional groups attached to an aromatic ring is 1. The standard InChI is InChI=1S/C18H23ClN4O3/c1-18(2,3)26-11-15(24)21-9-12-4-6-13(7-5-12)10-25-16-8-14(19)22-17(20)23-16/h4-8H,9-11H2,1-3H3,(H,21,24)(H2,20,22,23). The number of carbonyl (C=O) groups is 1. The number of nitrogens with two attached hydrogens (primary N) is 1. The number of hydrogen-bond acceptors (Lipinski definition) is 6. The summed E-state index contributed by atoms with van der Waals surface area (Å²) < 4.78 is 11.0. The number of nitrogens with one attached hydrogen (secondary N) is 1. The number of anilines is 1. The lowest BCUT2D eigenvalue weighted by Gasteiger charge is -2.19. The molecule has 0 unspecified atom stereocenters. The zero-order chi connectivity index (χ0) is 19.2. The number of nitrogens with zero attached hydrogens (tertiary/aromatic N) is 2. The fraction of sp³-hybridized carbons (Fsp3) is 0.389. The molecule has 26 heavy (non-hydrogen) atoms. The molecule has 140 valence electrons. The van der Waals surface area contributed by atoms with Gasteiger partial charge in [0.2, 0.25) is 17.7 Å². The van der Waals surface area contributed by atoms with Crippen LogP contribution in [-0.4, -0.2) is 28.1 Å². The molecule has 0 bridgehead atoms. The molecule has 0 aliphatic carbocycles. The molecule has 8 heteroatoms. The van der Waals surface area contributed by atoms with Crippen molar-refractivity contribution < 1.29 is 14.3 Å². The third-order valence-electron chi connectivity index (χ3n) is 3.22. The maximum absolute atomic E-state index is 11.8. The SMILES string of the molecule is CC(C)(C)OCC(=O)NCc1ccc(COc2cc(Cl)nc(N)n2)cc1. The molecule has 1 aromatic heterocycles. The molecule has 0 atom stereocenters. The van der Waals surface area contributed by atoms with E-state index in [0.29, 0.717) is 19.0 Å². The van der Waals surface area contributed by atoms with E-state index < -0.39 is 0 Å². The molecule has 7 nitrogen and oxygen atoms in total. The summed E-state index contributed by atoms with van der Waals surface area (Å²) >= 11 is 5.81. The Morgan fingerprint density at radius 2 is 1.85 bits per heavy atom. The van der Waals surface area contributed by atoms with Crippen molar-refractivity contribution in [2.75, 3.05) is 12.3 Å². The molecule has 0 saturated carbocycles. The Balaban J connectivity index is 1.79. The number of ether oxygens (including phenoxy) is 2. The molecule has 1 amide bonds. The van der Waals surface area contributed by atoms with Gasteiger partial charge in [0.1, 0.15) is 18.4 Å². The van der Waals surface area contributed by atoms with Crippen LogP contribution in [0.5, 0.6) is 5.88 Å². The average molecular weight is 379 g/mol. The Morgan fingerprint density at radius 3 is 2.46 bits per heavy atom. The highest BCUT2D eigenvalue weighted by Gasteiger charge is 2.12. The topological polar surface area (TPSA) is 99.4 Å². The lowest BCUT2D eigenvalue weighted by Crippen LogP contribution is -2.31. The van der Waals surface area contributed by atoms with Crippen molar-refractivity contribution in [1.29, 1.82) is 0 Å². The third-order valence-corrected chi connectivity index (χ3v) is 3.42. The first kappa shape index (κ1) is 19.9. The maximum Gasteiger partial charge on any atom is 0.246 e. The molecular formula is C18H23ClN4O3. The van der Waals surface area contributed by atoms with E-state index in [0.717, 1.165) is 11.1 Å². The molecule has 2 aromatic rings. The highest BCUT2D eigenvalue weighted by atomic mass is 35.5. The lowest BCUT2D eigenvalue weighted by molar-refractivity contribution is -0.130. The van der Waals surface area contributed by atoms with Gasteiger partial charge in [0.05, 0.1) is 5.60 Å². The van der Waals surface area contributed by atoms with Crippen LogP contribution < -0.4 is 15.8 Å². The summed E-state index contributed by atoms with van der Waals surface area (Å²) in [5.41, 5.74) is 7.11. The van der Waals surface area contributed by atoms with Crippen LogP contribution in [0.25, 0.3) is 0 Å². The molecular weight excluding hydrogens is 356 g/mol. The normalized spacial score (nSPS) is 11.2. The molecule has 1 heterocycles. The minimum Gasteiger partial charge on any atom is -0.473 e. The first-order valence-corrected chi connectivity index (χ1v) is 8.50. The number of amides is 1. The Kier molecular flexibility index (Phi) is 6.76. The highest BCUT2D eigenvalue weighted by Crippen LogP contribution is 2.16. The van der Waals surface area contributed by atoms with E-state index in [4.69, 9.17) is 26.8 Å². The molecule has 0 fully saturated rings. The number of rotatable bonds is 7. The van der Waals surface area contributed by atoms with Gasteiger partial charge in [-0.1, -0.05) is 35.9 Å². The van der Waals surface area contributed by atoms with Crippen molar-refractivity contribution in [3.8, 4) is 5.88 Å². The largest absolute Gasteiger partial charge is 0.473 e. The molecule has 1 aromatic carbocycles. The smallest absolute Gasteiger partial charge is 0.246 e. The highest BCUT2D eigenvalue weighted by molar-refractivity contribution is 6.29. The van der Waals surface area contributed by atoms with Crippen molar-refractivity contribution in [3.63, 3.8) is 0 Å². The minimum absolute atomic E-state index is 0.0417. The van der Waals surface area contributed by atoms with Gasteiger partial charge in [-0.15, -0.1) is 0 Å². The second-order valence-electron chi connectivity index (χ2n) is 6.67. The zero-order valence-electron chi connectivity index (χ0n) is 15.1. The van der Waals surface area contributed by atoms with Gasteiger partial charge >= 0.3 is 0 Å². The molecule has 0 aliphatic rings. The molecule has 0 radical (unpaired) electrons. The number of carbonyl (C=O) groups excluding carboxylic acids is 1. The third kappa shape index (κ3) is 7.25. The number of halogens is 1. The zero-order valence-corrected chi connectivity index (χ0v) is 15.8. The predicted octanol–water partition coefficient (Wildman–Crippen LogP) is 2.72. The van der Waals surface area contributed by atoms with E-state index in [1.54, 1.807) is 0 Å². The summed E-state index contributed by atoms with van der Waals surface area (Å²) in [7, 11) is 0. The Labute approximate surface area is 157 Å². The molecule has 0 saturated heterocycles. The van der Waals surface area contributed by atoms with Crippen LogP contribution in [0.3, 0.4) is 0 Å². The number of aromatic nitrogens is 2. The van der Waals surface area contributed by atoms with Crippen LogP contribution in [-0.2, 0) is 22.7 Å². The van der Waals surface area contributed by atoms with Gasteiger partial charge in [-0.2, -0.15) is 4.98 Å². The van der Waals surface area contributed by atoms with Crippen LogP contribution in [0.15, 0.2) is 30.3 Å². The second-order valence-corrected chi connectivity index (χ2v) is 7.06. The van der Waals surface area contributed by atoms with Crippen LogP contribution >= 0.6 is 11.6 Å². The van der Waals surface area contributed by atoms with Gasteiger partial charge in [0, 0.05) is 12.6 Å². The van der Waals surface area contributed by atoms with Crippen LogP contribution in [0.2, 0.25) is 5.15 Å². The molecule has 3 N–H and O–H groups in total. The predicted molar refractivity (Wildman–Crippen MR) is 99.8 cm³/mol. The Morgan fingerprint density at radius 1 is 1.19 bits per heavy atom. The quantitative estimate of drug-likeness (QED) is 0.718. The van der Waals surface area contributed by atoms with E-state index in [2.05, 4.69) is 15.3 Å². The van der Waals surface area contributed by atoms with Gasteiger partial charge in [-0.05, 0) is 31.9 Å².